The zero-order valence-corrected chi connectivity index (χ0v) is 13.4. The van der Waals surface area contributed by atoms with Gasteiger partial charge in [-0.25, -0.2) is 4.98 Å². The summed E-state index contributed by atoms with van der Waals surface area (Å²) in [5.41, 5.74) is 3.35. The predicted octanol–water partition coefficient (Wildman–Crippen LogP) is -0.00828. The lowest BCUT2D eigenvalue weighted by Gasteiger charge is -2.24. The second-order valence-corrected chi connectivity index (χ2v) is 5.99. The molecule has 1 aromatic heterocycles. The molecule has 1 aromatic carbocycles. The van der Waals surface area contributed by atoms with E-state index in [1.165, 1.54) is 6.07 Å². The van der Waals surface area contributed by atoms with Crippen LogP contribution in [0.3, 0.4) is 0 Å². The van der Waals surface area contributed by atoms with E-state index in [-0.39, 0.29) is 5.69 Å². The quantitative estimate of drug-likeness (QED) is 0.623. The average Bonchev–Trinajstić information content (AvgIpc) is 2.83. The van der Waals surface area contributed by atoms with Gasteiger partial charge in [0, 0.05) is 43.8 Å². The van der Waals surface area contributed by atoms with E-state index >= 15 is 0 Å². The molecule has 1 N–H and O–H groups in total. The van der Waals surface area contributed by atoms with Crippen molar-refractivity contribution in [3.8, 4) is 0 Å². The van der Waals surface area contributed by atoms with Gasteiger partial charge in [0.05, 0.1) is 22.6 Å². The first-order valence-corrected chi connectivity index (χ1v) is 7.58. The maximum absolute atomic E-state index is 11.0. The summed E-state index contributed by atoms with van der Waals surface area (Å²) in [6.45, 7) is 2.10. The van der Waals surface area contributed by atoms with Crippen LogP contribution in [0.25, 0.3) is 0 Å². The van der Waals surface area contributed by atoms with Crippen LogP contribution in [-0.2, 0) is 31.2 Å². The van der Waals surface area contributed by atoms with Crippen molar-refractivity contribution >= 4 is 11.7 Å². The van der Waals surface area contributed by atoms with Gasteiger partial charge in [-0.15, -0.1) is 0 Å². The summed E-state index contributed by atoms with van der Waals surface area (Å²) in [4.78, 5) is 26.1. The Kier molecular flexibility index (Phi) is 4.06. The fourth-order valence-corrected chi connectivity index (χ4v) is 3.07. The molecule has 8 nitrogen and oxygen atoms in total. The van der Waals surface area contributed by atoms with E-state index in [1.807, 2.05) is 11.6 Å². The van der Waals surface area contributed by atoms with Crippen LogP contribution in [-0.4, -0.2) is 26.5 Å². The molecule has 0 fully saturated rings. The van der Waals surface area contributed by atoms with Crippen molar-refractivity contribution in [1.29, 1.82) is 0 Å². The molecule has 0 radical (unpaired) electrons. The molecule has 0 spiro atoms. The SMILES string of the molecule is Cc1cc(Cc2nc3c(n2C)CC(C(=O)[O-])NC3)ccc1[N+](=O)[O-]. The van der Waals surface area contributed by atoms with E-state index in [0.717, 1.165) is 22.8 Å². The third-order valence-corrected chi connectivity index (χ3v) is 4.41. The number of benzene rings is 1. The molecule has 0 amide bonds. The molecule has 2 aromatic rings. The van der Waals surface area contributed by atoms with Gasteiger partial charge >= 0.3 is 0 Å². The van der Waals surface area contributed by atoms with Gasteiger partial charge in [0.15, 0.2) is 0 Å². The number of carbonyl (C=O) groups excluding carboxylic acids is 1. The number of aromatic nitrogens is 2. The highest BCUT2D eigenvalue weighted by Gasteiger charge is 2.24. The number of rotatable bonds is 4. The molecule has 0 saturated carbocycles. The average molecular weight is 329 g/mol. The summed E-state index contributed by atoms with van der Waals surface area (Å²) in [5, 5.41) is 24.8. The van der Waals surface area contributed by atoms with Gasteiger partial charge in [0.25, 0.3) is 5.69 Å². The molecule has 1 atom stereocenters. The lowest BCUT2D eigenvalue weighted by molar-refractivity contribution is -0.385. The summed E-state index contributed by atoms with van der Waals surface area (Å²) in [6, 6.07) is 4.30. The molecule has 126 valence electrons. The number of nitro groups is 1. The van der Waals surface area contributed by atoms with Gasteiger partial charge in [-0.2, -0.15) is 0 Å². The third-order valence-electron chi connectivity index (χ3n) is 4.41. The van der Waals surface area contributed by atoms with E-state index in [9.17, 15) is 20.0 Å². The fourth-order valence-electron chi connectivity index (χ4n) is 3.07. The van der Waals surface area contributed by atoms with Crippen molar-refractivity contribution in [3.05, 3.63) is 56.7 Å². The number of carboxylic acid groups (broad SMARTS) is 1. The Morgan fingerprint density at radius 2 is 2.25 bits per heavy atom. The minimum atomic E-state index is -1.12. The molecule has 0 bridgehead atoms. The van der Waals surface area contributed by atoms with E-state index in [1.54, 1.807) is 19.1 Å². The third kappa shape index (κ3) is 2.88. The first-order valence-electron chi connectivity index (χ1n) is 7.58. The molecular weight excluding hydrogens is 312 g/mol. The van der Waals surface area contributed by atoms with E-state index in [4.69, 9.17) is 0 Å². The summed E-state index contributed by atoms with van der Waals surface area (Å²) in [5.74, 6) is -0.316. The molecule has 0 saturated heterocycles. The fraction of sp³-hybridized carbons (Fsp3) is 0.375. The van der Waals surface area contributed by atoms with Crippen molar-refractivity contribution in [2.45, 2.75) is 32.4 Å². The topological polar surface area (TPSA) is 113 Å². The number of imidazole rings is 1. The van der Waals surface area contributed by atoms with E-state index in [0.29, 0.717) is 24.9 Å². The Balaban J connectivity index is 1.86. The Morgan fingerprint density at radius 1 is 1.50 bits per heavy atom. The smallest absolute Gasteiger partial charge is 0.272 e. The maximum Gasteiger partial charge on any atom is 0.272 e. The Labute approximate surface area is 138 Å². The number of nitrogens with zero attached hydrogens (tertiary/aromatic N) is 3. The lowest BCUT2D eigenvalue weighted by Crippen LogP contribution is -2.49. The highest BCUT2D eigenvalue weighted by molar-refractivity contribution is 5.72. The van der Waals surface area contributed by atoms with E-state index < -0.39 is 16.9 Å². The van der Waals surface area contributed by atoms with Gasteiger partial charge in [-0.05, 0) is 18.6 Å². The van der Waals surface area contributed by atoms with Crippen LogP contribution >= 0.6 is 0 Å². The first kappa shape index (κ1) is 16.1. The number of nitro benzene ring substituents is 1. The minimum Gasteiger partial charge on any atom is -0.548 e. The van der Waals surface area contributed by atoms with Crippen molar-refractivity contribution in [3.63, 3.8) is 0 Å². The highest BCUT2D eigenvalue weighted by Crippen LogP contribution is 2.22. The number of hydrogen-bond donors (Lipinski definition) is 1. The number of hydrogen-bond acceptors (Lipinski definition) is 6. The van der Waals surface area contributed by atoms with Crippen LogP contribution in [0, 0.1) is 17.0 Å². The van der Waals surface area contributed by atoms with Gasteiger partial charge in [0.1, 0.15) is 5.82 Å². The van der Waals surface area contributed by atoms with Crippen LogP contribution in [0.1, 0.15) is 28.3 Å². The largest absolute Gasteiger partial charge is 0.548 e. The maximum atomic E-state index is 11.0. The van der Waals surface area contributed by atoms with Crippen molar-refractivity contribution < 1.29 is 14.8 Å². The number of carboxylic acids is 1. The molecule has 0 aliphatic carbocycles. The van der Waals surface area contributed by atoms with Gasteiger partial charge in [-0.1, -0.05) is 6.07 Å². The molecule has 24 heavy (non-hydrogen) atoms. The zero-order chi connectivity index (χ0) is 17.4. The van der Waals surface area contributed by atoms with Crippen LogP contribution < -0.4 is 10.4 Å². The lowest BCUT2D eigenvalue weighted by atomic mass is 10.1. The second-order valence-electron chi connectivity index (χ2n) is 5.99. The summed E-state index contributed by atoms with van der Waals surface area (Å²) >= 11 is 0. The summed E-state index contributed by atoms with van der Waals surface area (Å²) in [6.07, 6.45) is 0.860. The Hall–Kier alpha value is -2.74. The number of nitrogens with one attached hydrogen (secondary N) is 1. The van der Waals surface area contributed by atoms with Crippen molar-refractivity contribution in [2.24, 2.45) is 7.05 Å². The highest BCUT2D eigenvalue weighted by atomic mass is 16.6. The monoisotopic (exact) mass is 329 g/mol. The molecule has 2 heterocycles. The van der Waals surface area contributed by atoms with E-state index in [2.05, 4.69) is 10.3 Å². The van der Waals surface area contributed by atoms with Crippen LogP contribution in [0.15, 0.2) is 18.2 Å². The Bertz CT molecular complexity index is 828. The molecule has 8 heteroatoms. The standard InChI is InChI=1S/C16H18N4O4/c1-9-5-10(3-4-13(9)20(23)24)6-15-18-12-8-17-11(16(21)22)7-14(12)19(15)2/h3-5,11,17H,6-8H2,1-2H3,(H,21,22)/p-1. The number of aryl methyl sites for hydroxylation is 1. The second kappa shape index (κ2) is 6.04. The number of carbonyl (C=O) groups is 1. The van der Waals surface area contributed by atoms with Crippen molar-refractivity contribution in [2.75, 3.05) is 0 Å². The first-order chi connectivity index (χ1) is 11.4. The van der Waals surface area contributed by atoms with Gasteiger partial charge in [0.2, 0.25) is 0 Å². The van der Waals surface area contributed by atoms with Gasteiger partial charge < -0.3 is 19.8 Å². The van der Waals surface area contributed by atoms with Crippen LogP contribution in [0.4, 0.5) is 5.69 Å². The molecular formula is C16H17N4O4-. The molecule has 1 aliphatic heterocycles. The summed E-state index contributed by atoms with van der Waals surface area (Å²) < 4.78 is 1.91. The predicted molar refractivity (Wildman–Crippen MR) is 83.2 cm³/mol. The van der Waals surface area contributed by atoms with Crippen LogP contribution in [0.2, 0.25) is 0 Å². The zero-order valence-electron chi connectivity index (χ0n) is 13.4. The molecule has 3 rings (SSSR count). The minimum absolute atomic E-state index is 0.0962. The van der Waals surface area contributed by atoms with Gasteiger partial charge in [-0.3, -0.25) is 10.1 Å². The summed E-state index contributed by atoms with van der Waals surface area (Å²) in [7, 11) is 1.86. The number of aliphatic carboxylic acids is 1. The van der Waals surface area contributed by atoms with Crippen molar-refractivity contribution in [1.82, 2.24) is 14.9 Å². The molecule has 1 aliphatic rings. The molecule has 1 unspecified atom stereocenters. The van der Waals surface area contributed by atoms with Crippen LogP contribution in [0.5, 0.6) is 0 Å². The Morgan fingerprint density at radius 3 is 2.88 bits per heavy atom. The number of fused-ring (bicyclic) bond motifs is 1. The normalized spacial score (nSPS) is 16.7.